The lowest BCUT2D eigenvalue weighted by atomic mass is 9.96. The van der Waals surface area contributed by atoms with Crippen LogP contribution in [-0.4, -0.2) is 38.3 Å². The summed E-state index contributed by atoms with van der Waals surface area (Å²) in [4.78, 5) is 11.7. The van der Waals surface area contributed by atoms with Gasteiger partial charge in [0, 0.05) is 13.2 Å². The molecule has 0 bridgehead atoms. The summed E-state index contributed by atoms with van der Waals surface area (Å²) in [5.41, 5.74) is 0. The Kier molecular flexibility index (Phi) is 6.97. The molecule has 2 N–H and O–H groups in total. The van der Waals surface area contributed by atoms with Crippen LogP contribution in [0.3, 0.4) is 0 Å². The highest BCUT2D eigenvalue weighted by Crippen LogP contribution is 2.33. The highest BCUT2D eigenvalue weighted by atomic mass is 35.5. The third kappa shape index (κ3) is 4.75. The van der Waals surface area contributed by atoms with E-state index in [2.05, 4.69) is 10.6 Å². The van der Waals surface area contributed by atoms with Gasteiger partial charge in [-0.25, -0.2) is 0 Å². The Morgan fingerprint density at radius 2 is 2.33 bits per heavy atom. The molecule has 1 aliphatic heterocycles. The smallest absolute Gasteiger partial charge is 0.225 e. The topological polar surface area (TPSA) is 50.4 Å². The standard InChI is InChI=1S/C13H24N2O2.ClH/c1-2-17-12-8-11(12)13(16)15-7-5-10-4-3-6-14-9-10;/h10-12,14H,2-9H2,1H3,(H,15,16);1H. The van der Waals surface area contributed by atoms with Crippen molar-refractivity contribution in [1.82, 2.24) is 10.6 Å². The van der Waals surface area contributed by atoms with E-state index < -0.39 is 0 Å². The van der Waals surface area contributed by atoms with E-state index in [4.69, 9.17) is 4.74 Å². The molecular formula is C13H25ClN2O2. The number of piperidine rings is 1. The maximum atomic E-state index is 11.7. The maximum absolute atomic E-state index is 11.7. The van der Waals surface area contributed by atoms with Crippen molar-refractivity contribution in [2.45, 2.75) is 38.7 Å². The number of amides is 1. The molecule has 2 aliphatic rings. The molecule has 4 nitrogen and oxygen atoms in total. The second kappa shape index (κ2) is 7.97. The summed E-state index contributed by atoms with van der Waals surface area (Å²) in [6.45, 7) is 5.77. The minimum atomic E-state index is 0. The second-order valence-electron chi connectivity index (χ2n) is 5.13. The summed E-state index contributed by atoms with van der Waals surface area (Å²) < 4.78 is 5.41. The fourth-order valence-corrected chi connectivity index (χ4v) is 2.55. The molecule has 1 amide bonds. The molecule has 18 heavy (non-hydrogen) atoms. The lowest BCUT2D eigenvalue weighted by molar-refractivity contribution is -0.123. The van der Waals surface area contributed by atoms with E-state index in [1.54, 1.807) is 0 Å². The van der Waals surface area contributed by atoms with Crippen molar-refractivity contribution in [3.05, 3.63) is 0 Å². The quantitative estimate of drug-likeness (QED) is 0.770. The Labute approximate surface area is 116 Å². The number of carbonyl (C=O) groups is 1. The predicted molar refractivity (Wildman–Crippen MR) is 74.0 cm³/mol. The van der Waals surface area contributed by atoms with Crippen molar-refractivity contribution >= 4 is 18.3 Å². The second-order valence-corrected chi connectivity index (χ2v) is 5.13. The minimum Gasteiger partial charge on any atom is -0.378 e. The first kappa shape index (κ1) is 15.7. The first-order valence-corrected chi connectivity index (χ1v) is 6.91. The van der Waals surface area contributed by atoms with Crippen LogP contribution in [0.25, 0.3) is 0 Å². The molecular weight excluding hydrogens is 252 g/mol. The lowest BCUT2D eigenvalue weighted by Gasteiger charge is -2.22. The average Bonchev–Trinajstić information content (AvgIpc) is 3.10. The van der Waals surface area contributed by atoms with Crippen LogP contribution in [0.4, 0.5) is 0 Å². The van der Waals surface area contributed by atoms with Gasteiger partial charge < -0.3 is 15.4 Å². The van der Waals surface area contributed by atoms with Gasteiger partial charge in [-0.2, -0.15) is 0 Å². The largest absolute Gasteiger partial charge is 0.378 e. The monoisotopic (exact) mass is 276 g/mol. The summed E-state index contributed by atoms with van der Waals surface area (Å²) >= 11 is 0. The van der Waals surface area contributed by atoms with Gasteiger partial charge in [0.05, 0.1) is 12.0 Å². The number of nitrogens with one attached hydrogen (secondary N) is 2. The summed E-state index contributed by atoms with van der Waals surface area (Å²) in [5, 5.41) is 6.43. The zero-order chi connectivity index (χ0) is 12.1. The molecule has 1 aliphatic carbocycles. The number of hydrogen-bond donors (Lipinski definition) is 2. The van der Waals surface area contributed by atoms with Gasteiger partial charge in [-0.05, 0) is 51.6 Å². The van der Waals surface area contributed by atoms with Crippen LogP contribution in [0.2, 0.25) is 0 Å². The summed E-state index contributed by atoms with van der Waals surface area (Å²) in [6.07, 6.45) is 4.77. The van der Waals surface area contributed by atoms with E-state index in [-0.39, 0.29) is 30.3 Å². The first-order chi connectivity index (χ1) is 8.31. The molecule has 5 heteroatoms. The molecule has 1 saturated carbocycles. The lowest BCUT2D eigenvalue weighted by Crippen LogP contribution is -2.34. The van der Waals surface area contributed by atoms with E-state index in [0.717, 1.165) is 38.4 Å². The number of hydrogen-bond acceptors (Lipinski definition) is 3. The summed E-state index contributed by atoms with van der Waals surface area (Å²) in [5.74, 6) is 1.05. The van der Waals surface area contributed by atoms with Gasteiger partial charge in [-0.3, -0.25) is 4.79 Å². The Balaban J connectivity index is 0.00000162. The molecule has 0 radical (unpaired) electrons. The van der Waals surface area contributed by atoms with E-state index in [0.29, 0.717) is 6.61 Å². The van der Waals surface area contributed by atoms with E-state index >= 15 is 0 Å². The van der Waals surface area contributed by atoms with E-state index in [1.807, 2.05) is 6.92 Å². The van der Waals surface area contributed by atoms with Crippen molar-refractivity contribution in [2.75, 3.05) is 26.2 Å². The highest BCUT2D eigenvalue weighted by molar-refractivity contribution is 5.85. The third-order valence-corrected chi connectivity index (χ3v) is 3.70. The average molecular weight is 277 g/mol. The molecule has 106 valence electrons. The van der Waals surface area contributed by atoms with Crippen molar-refractivity contribution in [2.24, 2.45) is 11.8 Å². The van der Waals surface area contributed by atoms with Gasteiger partial charge in [-0.1, -0.05) is 0 Å². The van der Waals surface area contributed by atoms with Gasteiger partial charge in [0.1, 0.15) is 0 Å². The zero-order valence-electron chi connectivity index (χ0n) is 11.1. The van der Waals surface area contributed by atoms with Crippen LogP contribution in [0, 0.1) is 11.8 Å². The van der Waals surface area contributed by atoms with Crippen LogP contribution in [0.15, 0.2) is 0 Å². The van der Waals surface area contributed by atoms with Gasteiger partial charge >= 0.3 is 0 Å². The zero-order valence-corrected chi connectivity index (χ0v) is 11.9. The third-order valence-electron chi connectivity index (χ3n) is 3.70. The molecule has 1 saturated heterocycles. The summed E-state index contributed by atoms with van der Waals surface area (Å²) in [6, 6.07) is 0. The SMILES string of the molecule is CCOC1CC1C(=O)NCCC1CCCNC1.Cl. The van der Waals surface area contributed by atoms with Crippen LogP contribution in [0.5, 0.6) is 0 Å². The van der Waals surface area contributed by atoms with Gasteiger partial charge in [-0.15, -0.1) is 12.4 Å². The number of halogens is 1. The molecule has 3 atom stereocenters. The Morgan fingerprint density at radius 1 is 1.50 bits per heavy atom. The molecule has 2 fully saturated rings. The maximum Gasteiger partial charge on any atom is 0.225 e. The van der Waals surface area contributed by atoms with Crippen LogP contribution >= 0.6 is 12.4 Å². The summed E-state index contributed by atoms with van der Waals surface area (Å²) in [7, 11) is 0. The normalized spacial score (nSPS) is 30.4. The molecule has 1 heterocycles. The molecule has 3 unspecified atom stereocenters. The Hall–Kier alpha value is -0.320. The Morgan fingerprint density at radius 3 is 3.00 bits per heavy atom. The molecule has 0 aromatic carbocycles. The van der Waals surface area contributed by atoms with Crippen LogP contribution < -0.4 is 10.6 Å². The predicted octanol–water partition coefficient (Wildman–Crippen LogP) is 1.34. The van der Waals surface area contributed by atoms with Crippen LogP contribution in [0.1, 0.15) is 32.6 Å². The number of rotatable bonds is 6. The fraction of sp³-hybridized carbons (Fsp3) is 0.923. The van der Waals surface area contributed by atoms with Gasteiger partial charge in [0.15, 0.2) is 0 Å². The first-order valence-electron chi connectivity index (χ1n) is 6.91. The van der Waals surface area contributed by atoms with Crippen molar-refractivity contribution in [3.63, 3.8) is 0 Å². The molecule has 0 aromatic heterocycles. The number of carbonyl (C=O) groups excluding carboxylic acids is 1. The van der Waals surface area contributed by atoms with Crippen LogP contribution in [-0.2, 0) is 9.53 Å². The van der Waals surface area contributed by atoms with E-state index in [1.165, 1.54) is 12.8 Å². The highest BCUT2D eigenvalue weighted by Gasteiger charge is 2.43. The fourth-order valence-electron chi connectivity index (χ4n) is 2.55. The van der Waals surface area contributed by atoms with Gasteiger partial charge in [0.2, 0.25) is 5.91 Å². The van der Waals surface area contributed by atoms with Crippen molar-refractivity contribution in [3.8, 4) is 0 Å². The minimum absolute atomic E-state index is 0. The van der Waals surface area contributed by atoms with Crippen molar-refractivity contribution < 1.29 is 9.53 Å². The molecule has 2 rings (SSSR count). The van der Waals surface area contributed by atoms with E-state index in [9.17, 15) is 4.79 Å². The van der Waals surface area contributed by atoms with Crippen molar-refractivity contribution in [1.29, 1.82) is 0 Å². The molecule has 0 spiro atoms. The molecule has 0 aromatic rings. The van der Waals surface area contributed by atoms with Gasteiger partial charge in [0.25, 0.3) is 0 Å². The Bertz CT molecular complexity index is 257. The number of ether oxygens (including phenoxy) is 1.